The van der Waals surface area contributed by atoms with Crippen LogP contribution in [0.5, 0.6) is 0 Å². The van der Waals surface area contributed by atoms with E-state index in [4.69, 9.17) is 4.74 Å². The fourth-order valence-corrected chi connectivity index (χ4v) is 3.46. The van der Waals surface area contributed by atoms with Crippen molar-refractivity contribution in [3.63, 3.8) is 0 Å². The van der Waals surface area contributed by atoms with Crippen molar-refractivity contribution in [2.45, 2.75) is 17.2 Å². The molecular weight excluding hydrogens is 284 g/mol. The summed E-state index contributed by atoms with van der Waals surface area (Å²) in [5, 5.41) is 12.0. The number of nitrogens with zero attached hydrogens (tertiary/aromatic N) is 3. The minimum Gasteiger partial charge on any atom is -0.383 e. The molecule has 19 heavy (non-hydrogen) atoms. The fourth-order valence-electron chi connectivity index (χ4n) is 1.78. The zero-order valence-electron chi connectivity index (χ0n) is 10.9. The summed E-state index contributed by atoms with van der Waals surface area (Å²) in [7, 11) is 1.66. The highest BCUT2D eigenvalue weighted by molar-refractivity contribution is 8.01. The van der Waals surface area contributed by atoms with Gasteiger partial charge in [0.05, 0.1) is 12.4 Å². The van der Waals surface area contributed by atoms with E-state index in [0.29, 0.717) is 18.9 Å². The largest absolute Gasteiger partial charge is 0.383 e. The van der Waals surface area contributed by atoms with Crippen LogP contribution in [0.2, 0.25) is 0 Å². The highest BCUT2D eigenvalue weighted by Gasteiger charge is 2.18. The standard InChI is InChI=1S/C11H18N4O2S2/c1-17-7-4-12-10-13-14-11(19-10)18-8-9(16)15-5-2-3-6-15/h2-8H2,1H3,(H,12,13). The van der Waals surface area contributed by atoms with Crippen LogP contribution < -0.4 is 5.32 Å². The molecule has 2 heterocycles. The van der Waals surface area contributed by atoms with Crippen LogP contribution in [0.4, 0.5) is 5.13 Å². The van der Waals surface area contributed by atoms with E-state index >= 15 is 0 Å². The number of amides is 1. The Morgan fingerprint density at radius 2 is 2.26 bits per heavy atom. The second-order valence-corrected chi connectivity index (χ2v) is 6.37. The molecule has 1 aromatic heterocycles. The van der Waals surface area contributed by atoms with Gasteiger partial charge in [0.25, 0.3) is 0 Å². The third-order valence-corrected chi connectivity index (χ3v) is 4.77. The van der Waals surface area contributed by atoms with Gasteiger partial charge < -0.3 is 15.0 Å². The van der Waals surface area contributed by atoms with Crippen LogP contribution in [0, 0.1) is 0 Å². The van der Waals surface area contributed by atoms with Crippen LogP contribution in [0.15, 0.2) is 4.34 Å². The van der Waals surface area contributed by atoms with Gasteiger partial charge in [-0.1, -0.05) is 23.1 Å². The Bertz CT molecular complexity index is 407. The number of rotatable bonds is 7. The fraction of sp³-hybridized carbons (Fsp3) is 0.727. The lowest BCUT2D eigenvalue weighted by Gasteiger charge is -2.13. The van der Waals surface area contributed by atoms with E-state index in [1.807, 2.05) is 4.90 Å². The van der Waals surface area contributed by atoms with Gasteiger partial charge in [-0.05, 0) is 12.8 Å². The lowest BCUT2D eigenvalue weighted by atomic mass is 10.4. The molecule has 1 aliphatic heterocycles. The van der Waals surface area contributed by atoms with Gasteiger partial charge in [-0.15, -0.1) is 10.2 Å². The van der Waals surface area contributed by atoms with E-state index in [9.17, 15) is 4.79 Å². The first-order valence-electron chi connectivity index (χ1n) is 6.26. The normalized spacial score (nSPS) is 14.9. The molecule has 1 N–H and O–H groups in total. The minimum atomic E-state index is 0.201. The number of aromatic nitrogens is 2. The molecule has 0 unspecified atom stereocenters. The molecule has 0 aliphatic carbocycles. The Morgan fingerprint density at radius 3 is 3.00 bits per heavy atom. The van der Waals surface area contributed by atoms with Gasteiger partial charge >= 0.3 is 0 Å². The number of methoxy groups -OCH3 is 1. The molecule has 106 valence electrons. The maximum Gasteiger partial charge on any atom is 0.233 e. The molecule has 0 atom stereocenters. The van der Waals surface area contributed by atoms with Crippen molar-refractivity contribution < 1.29 is 9.53 Å². The third-order valence-electron chi connectivity index (χ3n) is 2.77. The smallest absolute Gasteiger partial charge is 0.233 e. The first-order valence-corrected chi connectivity index (χ1v) is 8.06. The number of hydrogen-bond acceptors (Lipinski definition) is 7. The summed E-state index contributed by atoms with van der Waals surface area (Å²) in [6, 6.07) is 0. The van der Waals surface area contributed by atoms with Crippen LogP contribution in [-0.4, -0.2) is 60.1 Å². The summed E-state index contributed by atoms with van der Waals surface area (Å²) < 4.78 is 5.77. The van der Waals surface area contributed by atoms with Crippen molar-refractivity contribution in [3.8, 4) is 0 Å². The summed E-state index contributed by atoms with van der Waals surface area (Å²) in [6.07, 6.45) is 2.26. The van der Waals surface area contributed by atoms with Crippen molar-refractivity contribution in [3.05, 3.63) is 0 Å². The number of carbonyl (C=O) groups is 1. The van der Waals surface area contributed by atoms with Gasteiger partial charge in [-0.3, -0.25) is 4.79 Å². The molecule has 1 aliphatic rings. The van der Waals surface area contributed by atoms with Crippen molar-refractivity contribution >= 4 is 34.1 Å². The molecule has 0 radical (unpaired) electrons. The van der Waals surface area contributed by atoms with E-state index in [1.165, 1.54) is 23.1 Å². The number of likely N-dealkylation sites (tertiary alicyclic amines) is 1. The van der Waals surface area contributed by atoms with Crippen molar-refractivity contribution in [2.75, 3.05) is 44.4 Å². The van der Waals surface area contributed by atoms with Crippen LogP contribution in [0.3, 0.4) is 0 Å². The predicted molar refractivity (Wildman–Crippen MR) is 76.8 cm³/mol. The highest BCUT2D eigenvalue weighted by atomic mass is 32.2. The second kappa shape index (κ2) is 7.66. The van der Waals surface area contributed by atoms with Crippen molar-refractivity contribution in [1.82, 2.24) is 15.1 Å². The summed E-state index contributed by atoms with van der Waals surface area (Å²) >= 11 is 2.93. The van der Waals surface area contributed by atoms with Crippen LogP contribution in [-0.2, 0) is 9.53 Å². The molecule has 2 rings (SSSR count). The van der Waals surface area contributed by atoms with Gasteiger partial charge in [-0.2, -0.15) is 0 Å². The number of hydrogen-bond donors (Lipinski definition) is 1. The Kier molecular flexibility index (Phi) is 5.87. The summed E-state index contributed by atoms with van der Waals surface area (Å²) in [5.41, 5.74) is 0. The minimum absolute atomic E-state index is 0.201. The Labute approximate surface area is 120 Å². The van der Waals surface area contributed by atoms with Crippen molar-refractivity contribution in [1.29, 1.82) is 0 Å². The Balaban J connectivity index is 1.71. The maximum absolute atomic E-state index is 11.9. The number of carbonyl (C=O) groups excluding carboxylic acids is 1. The molecule has 1 amide bonds. The van der Waals surface area contributed by atoms with E-state index in [0.717, 1.165) is 35.4 Å². The molecule has 1 fully saturated rings. The zero-order chi connectivity index (χ0) is 13.5. The molecule has 0 spiro atoms. The van der Waals surface area contributed by atoms with Gasteiger partial charge in [0.1, 0.15) is 0 Å². The molecule has 1 aromatic rings. The van der Waals surface area contributed by atoms with Crippen LogP contribution >= 0.6 is 23.1 Å². The molecular formula is C11H18N4O2S2. The SMILES string of the molecule is COCCNc1nnc(SCC(=O)N2CCCC2)s1. The third kappa shape index (κ3) is 4.63. The topological polar surface area (TPSA) is 67.3 Å². The highest BCUT2D eigenvalue weighted by Crippen LogP contribution is 2.25. The number of nitrogens with one attached hydrogen (secondary N) is 1. The van der Waals surface area contributed by atoms with E-state index < -0.39 is 0 Å². The summed E-state index contributed by atoms with van der Waals surface area (Å²) in [6.45, 7) is 3.15. The molecule has 0 bridgehead atoms. The second-order valence-electron chi connectivity index (χ2n) is 4.17. The van der Waals surface area contributed by atoms with Crippen LogP contribution in [0.1, 0.15) is 12.8 Å². The molecule has 1 saturated heterocycles. The Hall–Kier alpha value is -0.860. The maximum atomic E-state index is 11.9. The lowest BCUT2D eigenvalue weighted by molar-refractivity contribution is -0.127. The average Bonchev–Trinajstić information content (AvgIpc) is 3.08. The first kappa shape index (κ1) is 14.5. The van der Waals surface area contributed by atoms with Gasteiger partial charge in [0.2, 0.25) is 11.0 Å². The molecule has 8 heteroatoms. The molecule has 0 saturated carbocycles. The van der Waals surface area contributed by atoms with Gasteiger partial charge in [-0.25, -0.2) is 0 Å². The summed E-state index contributed by atoms with van der Waals surface area (Å²) in [4.78, 5) is 13.8. The quantitative estimate of drug-likeness (QED) is 0.605. The van der Waals surface area contributed by atoms with E-state index in [-0.39, 0.29) is 5.91 Å². The van der Waals surface area contributed by atoms with Gasteiger partial charge in [0, 0.05) is 26.7 Å². The number of thioether (sulfide) groups is 1. The zero-order valence-corrected chi connectivity index (χ0v) is 12.6. The lowest BCUT2D eigenvalue weighted by Crippen LogP contribution is -2.29. The van der Waals surface area contributed by atoms with Crippen molar-refractivity contribution in [2.24, 2.45) is 0 Å². The number of ether oxygens (including phenoxy) is 1. The molecule has 0 aromatic carbocycles. The monoisotopic (exact) mass is 302 g/mol. The predicted octanol–water partition coefficient (Wildman–Crippen LogP) is 1.31. The first-order chi connectivity index (χ1) is 9.29. The van der Waals surface area contributed by atoms with E-state index in [2.05, 4.69) is 15.5 Å². The van der Waals surface area contributed by atoms with Crippen LogP contribution in [0.25, 0.3) is 0 Å². The molecule has 6 nitrogen and oxygen atoms in total. The van der Waals surface area contributed by atoms with E-state index in [1.54, 1.807) is 7.11 Å². The Morgan fingerprint density at radius 1 is 1.47 bits per heavy atom. The number of anilines is 1. The summed E-state index contributed by atoms with van der Waals surface area (Å²) in [5.74, 6) is 0.652. The average molecular weight is 302 g/mol. The van der Waals surface area contributed by atoms with Gasteiger partial charge in [0.15, 0.2) is 4.34 Å².